The van der Waals surface area contributed by atoms with Crippen molar-refractivity contribution in [3.8, 4) is 0 Å². The Morgan fingerprint density at radius 3 is 2.59 bits per heavy atom. The Labute approximate surface area is 132 Å². The normalized spacial score (nSPS) is 28.5. The van der Waals surface area contributed by atoms with Crippen LogP contribution in [0.4, 0.5) is 0 Å². The van der Waals surface area contributed by atoms with Crippen molar-refractivity contribution in [3.63, 3.8) is 0 Å². The van der Waals surface area contributed by atoms with Gasteiger partial charge in [0.05, 0.1) is 32.6 Å². The molecule has 0 aromatic heterocycles. The van der Waals surface area contributed by atoms with E-state index in [1.54, 1.807) is 19.0 Å². The summed E-state index contributed by atoms with van der Waals surface area (Å²) in [6.45, 7) is 3.19. The predicted molar refractivity (Wildman–Crippen MR) is 81.1 cm³/mol. The van der Waals surface area contributed by atoms with Crippen molar-refractivity contribution < 1.29 is 22.7 Å². The van der Waals surface area contributed by atoms with E-state index < -0.39 is 15.6 Å². The van der Waals surface area contributed by atoms with Gasteiger partial charge in [-0.3, -0.25) is 9.69 Å². The predicted octanol–water partition coefficient (Wildman–Crippen LogP) is -1.56. The first-order valence-corrected chi connectivity index (χ1v) is 9.16. The highest BCUT2D eigenvalue weighted by Crippen LogP contribution is 2.24. The van der Waals surface area contributed by atoms with Gasteiger partial charge in [-0.25, -0.2) is 8.42 Å². The quantitative estimate of drug-likeness (QED) is 0.620. The number of sulfonamides is 1. The fourth-order valence-electron chi connectivity index (χ4n) is 2.73. The maximum Gasteiger partial charge on any atom is 0.236 e. The summed E-state index contributed by atoms with van der Waals surface area (Å²) in [7, 11) is 0.171. The number of hydrogen-bond donors (Lipinski definition) is 0. The highest BCUT2D eigenvalue weighted by atomic mass is 32.2. The molecule has 22 heavy (non-hydrogen) atoms. The third-order valence-corrected chi connectivity index (χ3v) is 5.22. The molecule has 128 valence electrons. The van der Waals surface area contributed by atoms with E-state index >= 15 is 0 Å². The summed E-state index contributed by atoms with van der Waals surface area (Å²) < 4.78 is 36.5. The second-order valence-corrected chi connectivity index (χ2v) is 8.16. The average Bonchev–Trinajstić information content (AvgIpc) is 2.60. The SMILES string of the molecule is CN(C)C(=O)CN1CCOCC2(C1)CN(S(C)(=O)=O)CCO2. The lowest BCUT2D eigenvalue weighted by molar-refractivity contribution is -0.135. The van der Waals surface area contributed by atoms with Gasteiger partial charge in [-0.05, 0) is 0 Å². The van der Waals surface area contributed by atoms with Crippen molar-refractivity contribution >= 4 is 15.9 Å². The third kappa shape index (κ3) is 4.39. The van der Waals surface area contributed by atoms with Gasteiger partial charge >= 0.3 is 0 Å². The minimum absolute atomic E-state index is 0.00725. The molecule has 2 aliphatic heterocycles. The van der Waals surface area contributed by atoms with Crippen molar-refractivity contribution in [3.05, 3.63) is 0 Å². The molecule has 8 nitrogen and oxygen atoms in total. The molecule has 0 aromatic carbocycles. The molecule has 1 atom stereocenters. The number of rotatable bonds is 3. The van der Waals surface area contributed by atoms with E-state index in [-0.39, 0.29) is 19.0 Å². The molecule has 2 heterocycles. The van der Waals surface area contributed by atoms with E-state index in [1.165, 1.54) is 10.6 Å². The fraction of sp³-hybridized carbons (Fsp3) is 0.923. The van der Waals surface area contributed by atoms with Crippen LogP contribution in [0.15, 0.2) is 0 Å². The molecule has 2 saturated heterocycles. The zero-order valence-electron chi connectivity index (χ0n) is 13.4. The molecular weight excluding hydrogens is 310 g/mol. The zero-order chi connectivity index (χ0) is 16.4. The maximum absolute atomic E-state index is 11.9. The minimum Gasteiger partial charge on any atom is -0.377 e. The van der Waals surface area contributed by atoms with Crippen molar-refractivity contribution in [1.29, 1.82) is 0 Å². The van der Waals surface area contributed by atoms with Crippen molar-refractivity contribution in [2.24, 2.45) is 0 Å². The molecule has 1 amide bonds. The Hall–Kier alpha value is -0.740. The Kier molecular flexibility index (Phi) is 5.44. The smallest absolute Gasteiger partial charge is 0.236 e. The van der Waals surface area contributed by atoms with Crippen LogP contribution < -0.4 is 0 Å². The first kappa shape index (κ1) is 17.6. The second-order valence-electron chi connectivity index (χ2n) is 6.18. The summed E-state index contributed by atoms with van der Waals surface area (Å²) in [4.78, 5) is 15.4. The Bertz CT molecular complexity index is 510. The topological polar surface area (TPSA) is 79.4 Å². The number of amides is 1. The van der Waals surface area contributed by atoms with Crippen LogP contribution in [-0.2, 0) is 24.3 Å². The van der Waals surface area contributed by atoms with Crippen LogP contribution in [0.1, 0.15) is 0 Å². The number of likely N-dealkylation sites (N-methyl/N-ethyl adjacent to an activating group) is 1. The molecule has 2 rings (SSSR count). The molecule has 0 bridgehead atoms. The van der Waals surface area contributed by atoms with Crippen LogP contribution in [0.25, 0.3) is 0 Å². The number of carbonyl (C=O) groups excluding carboxylic acids is 1. The number of morpholine rings is 1. The molecule has 0 N–H and O–H groups in total. The van der Waals surface area contributed by atoms with Gasteiger partial charge in [0.25, 0.3) is 0 Å². The lowest BCUT2D eigenvalue weighted by Gasteiger charge is -2.42. The summed E-state index contributed by atoms with van der Waals surface area (Å²) >= 11 is 0. The highest BCUT2D eigenvalue weighted by Gasteiger charge is 2.42. The molecule has 0 saturated carbocycles. The monoisotopic (exact) mass is 335 g/mol. The van der Waals surface area contributed by atoms with Crippen LogP contribution >= 0.6 is 0 Å². The van der Waals surface area contributed by atoms with Crippen LogP contribution in [0.5, 0.6) is 0 Å². The molecule has 0 radical (unpaired) electrons. The van der Waals surface area contributed by atoms with E-state index in [0.29, 0.717) is 39.5 Å². The number of ether oxygens (including phenoxy) is 2. The second kappa shape index (κ2) is 6.79. The van der Waals surface area contributed by atoms with Crippen molar-refractivity contribution in [1.82, 2.24) is 14.1 Å². The van der Waals surface area contributed by atoms with E-state index in [4.69, 9.17) is 9.47 Å². The Morgan fingerprint density at radius 2 is 1.95 bits per heavy atom. The van der Waals surface area contributed by atoms with Gasteiger partial charge in [0, 0.05) is 40.3 Å². The number of nitrogens with zero attached hydrogens (tertiary/aromatic N) is 3. The largest absolute Gasteiger partial charge is 0.377 e. The summed E-state index contributed by atoms with van der Waals surface area (Å²) in [6, 6.07) is 0. The molecule has 1 unspecified atom stereocenters. The van der Waals surface area contributed by atoms with Crippen LogP contribution in [-0.4, -0.2) is 107 Å². The van der Waals surface area contributed by atoms with E-state index in [9.17, 15) is 13.2 Å². The van der Waals surface area contributed by atoms with Crippen molar-refractivity contribution in [2.45, 2.75) is 5.60 Å². The lowest BCUT2D eigenvalue weighted by atomic mass is 10.0. The molecule has 1 spiro atoms. The minimum atomic E-state index is -3.26. The van der Waals surface area contributed by atoms with Gasteiger partial charge in [-0.2, -0.15) is 4.31 Å². The molecule has 9 heteroatoms. The van der Waals surface area contributed by atoms with Crippen LogP contribution in [0, 0.1) is 0 Å². The van der Waals surface area contributed by atoms with Gasteiger partial charge < -0.3 is 14.4 Å². The number of carbonyl (C=O) groups is 1. The lowest BCUT2D eigenvalue weighted by Crippen LogP contribution is -2.60. The Morgan fingerprint density at radius 1 is 1.23 bits per heavy atom. The average molecular weight is 335 g/mol. The van der Waals surface area contributed by atoms with Crippen molar-refractivity contribution in [2.75, 3.05) is 72.9 Å². The van der Waals surface area contributed by atoms with E-state index in [1.807, 2.05) is 4.90 Å². The van der Waals surface area contributed by atoms with E-state index in [0.717, 1.165) is 0 Å². The van der Waals surface area contributed by atoms with Crippen LogP contribution in [0.2, 0.25) is 0 Å². The standard InChI is InChI=1S/C13H25N3O5S/c1-14(2)12(17)8-15-4-6-20-11-13(9-15)10-16(5-7-21-13)22(3,18)19/h4-11H2,1-3H3. The zero-order valence-corrected chi connectivity index (χ0v) is 14.3. The first-order chi connectivity index (χ1) is 10.2. The van der Waals surface area contributed by atoms with Gasteiger partial charge in [-0.1, -0.05) is 0 Å². The molecule has 2 aliphatic rings. The van der Waals surface area contributed by atoms with Gasteiger partial charge in [0.15, 0.2) is 0 Å². The first-order valence-electron chi connectivity index (χ1n) is 7.31. The van der Waals surface area contributed by atoms with Crippen LogP contribution in [0.3, 0.4) is 0 Å². The molecular formula is C13H25N3O5S. The highest BCUT2D eigenvalue weighted by molar-refractivity contribution is 7.88. The maximum atomic E-state index is 11.9. The van der Waals surface area contributed by atoms with Gasteiger partial charge in [-0.15, -0.1) is 0 Å². The summed E-state index contributed by atoms with van der Waals surface area (Å²) in [5.41, 5.74) is -0.704. The summed E-state index contributed by atoms with van der Waals surface area (Å²) in [6.07, 6.45) is 1.21. The van der Waals surface area contributed by atoms with E-state index in [2.05, 4.69) is 0 Å². The molecule has 2 fully saturated rings. The fourth-order valence-corrected chi connectivity index (χ4v) is 3.60. The van der Waals surface area contributed by atoms with Gasteiger partial charge in [0.1, 0.15) is 5.60 Å². The molecule has 0 aromatic rings. The third-order valence-electron chi connectivity index (χ3n) is 3.97. The van der Waals surface area contributed by atoms with Gasteiger partial charge in [0.2, 0.25) is 15.9 Å². The summed E-state index contributed by atoms with van der Waals surface area (Å²) in [5.74, 6) is 0.00725. The number of hydrogen-bond acceptors (Lipinski definition) is 6. The molecule has 0 aliphatic carbocycles. The Balaban J connectivity index is 2.09. The summed E-state index contributed by atoms with van der Waals surface area (Å²) in [5, 5.41) is 0.